The van der Waals surface area contributed by atoms with Crippen LogP contribution in [0.2, 0.25) is 0 Å². The van der Waals surface area contributed by atoms with Crippen molar-refractivity contribution in [2.45, 2.75) is 19.9 Å². The van der Waals surface area contributed by atoms with Crippen LogP contribution in [0.5, 0.6) is 0 Å². The Labute approximate surface area is 110 Å². The van der Waals surface area contributed by atoms with Crippen LogP contribution >= 0.6 is 0 Å². The lowest BCUT2D eigenvalue weighted by Gasteiger charge is -2.17. The van der Waals surface area contributed by atoms with E-state index < -0.39 is 0 Å². The monoisotopic (exact) mass is 265 g/mol. The quantitative estimate of drug-likeness (QED) is 0.771. The minimum atomic E-state index is -0.365. The molecule has 104 valence electrons. The van der Waals surface area contributed by atoms with E-state index in [-0.39, 0.29) is 17.3 Å². The summed E-state index contributed by atoms with van der Waals surface area (Å²) in [6.45, 7) is 3.97. The summed E-state index contributed by atoms with van der Waals surface area (Å²) in [5.41, 5.74) is 0.206. The van der Waals surface area contributed by atoms with Gasteiger partial charge >= 0.3 is 5.69 Å². The minimum absolute atomic E-state index is 0.0765. The summed E-state index contributed by atoms with van der Waals surface area (Å²) >= 11 is 0. The van der Waals surface area contributed by atoms with E-state index in [9.17, 15) is 9.59 Å². The van der Waals surface area contributed by atoms with Gasteiger partial charge in [-0.3, -0.25) is 13.9 Å². The molecule has 0 aliphatic carbocycles. The summed E-state index contributed by atoms with van der Waals surface area (Å²) in [7, 11) is 6.84. The van der Waals surface area contributed by atoms with E-state index in [4.69, 9.17) is 0 Å². The molecule has 0 radical (unpaired) electrons. The molecule has 0 fully saturated rings. The molecule has 0 saturated heterocycles. The van der Waals surface area contributed by atoms with E-state index >= 15 is 0 Å². The fraction of sp³-hybridized carbons (Fsp3) is 0.583. The van der Waals surface area contributed by atoms with Gasteiger partial charge in [-0.05, 0) is 13.8 Å². The van der Waals surface area contributed by atoms with Gasteiger partial charge in [0.05, 0.1) is 0 Å². The Morgan fingerprint density at radius 2 is 1.68 bits per heavy atom. The zero-order valence-corrected chi connectivity index (χ0v) is 12.1. The van der Waals surface area contributed by atoms with Crippen LogP contribution in [0.3, 0.4) is 0 Å². The molecule has 0 aromatic carbocycles. The number of nitrogens with zero attached hydrogens (tertiary/aromatic N) is 5. The van der Waals surface area contributed by atoms with Crippen molar-refractivity contribution in [1.82, 2.24) is 18.7 Å². The van der Waals surface area contributed by atoms with Gasteiger partial charge in [0.15, 0.2) is 11.2 Å². The Morgan fingerprint density at radius 3 is 2.16 bits per heavy atom. The summed E-state index contributed by atoms with van der Waals surface area (Å²) in [5, 5.41) is 0. The van der Waals surface area contributed by atoms with Gasteiger partial charge in [0, 0.05) is 34.2 Å². The number of fused-ring (bicyclic) bond motifs is 1. The van der Waals surface area contributed by atoms with Crippen LogP contribution in [-0.2, 0) is 14.1 Å². The van der Waals surface area contributed by atoms with Crippen LogP contribution in [0.15, 0.2) is 9.59 Å². The Kier molecular flexibility index (Phi) is 3.00. The summed E-state index contributed by atoms with van der Waals surface area (Å²) < 4.78 is 4.38. The third-order valence-corrected chi connectivity index (χ3v) is 3.19. The smallest absolute Gasteiger partial charge is 0.332 e. The predicted octanol–water partition coefficient (Wildman–Crippen LogP) is 0.0806. The van der Waals surface area contributed by atoms with E-state index in [1.54, 1.807) is 7.05 Å². The van der Waals surface area contributed by atoms with Gasteiger partial charge < -0.3 is 9.47 Å². The SMILES string of the molecule is CC(C)n1c(N(C)C)nc2c1c(=O)n(C)c(=O)n2C. The fourth-order valence-corrected chi connectivity index (χ4v) is 2.21. The molecule has 0 N–H and O–H groups in total. The number of anilines is 1. The topological polar surface area (TPSA) is 65.1 Å². The molecule has 2 aromatic rings. The molecule has 0 unspecified atom stereocenters. The van der Waals surface area contributed by atoms with Crippen molar-refractivity contribution in [1.29, 1.82) is 0 Å². The highest BCUT2D eigenvalue weighted by Crippen LogP contribution is 2.22. The number of rotatable bonds is 2. The highest BCUT2D eigenvalue weighted by atomic mass is 16.2. The second kappa shape index (κ2) is 4.25. The Balaban J connectivity index is 3.10. The first-order valence-corrected chi connectivity index (χ1v) is 6.12. The second-order valence-electron chi connectivity index (χ2n) is 5.15. The Morgan fingerprint density at radius 1 is 1.11 bits per heavy atom. The molecule has 0 aliphatic heterocycles. The molecular formula is C12H19N5O2. The van der Waals surface area contributed by atoms with Crippen LogP contribution in [-0.4, -0.2) is 32.8 Å². The van der Waals surface area contributed by atoms with E-state index in [0.29, 0.717) is 17.1 Å². The van der Waals surface area contributed by atoms with Crippen molar-refractivity contribution in [2.75, 3.05) is 19.0 Å². The maximum atomic E-state index is 12.3. The molecular weight excluding hydrogens is 246 g/mol. The van der Waals surface area contributed by atoms with Crippen LogP contribution < -0.4 is 16.1 Å². The van der Waals surface area contributed by atoms with Gasteiger partial charge in [0.1, 0.15) is 0 Å². The molecule has 0 bridgehead atoms. The number of hydrogen-bond donors (Lipinski definition) is 0. The zero-order valence-electron chi connectivity index (χ0n) is 12.1. The lowest BCUT2D eigenvalue weighted by molar-refractivity contribution is 0.608. The van der Waals surface area contributed by atoms with Gasteiger partial charge in [-0.15, -0.1) is 0 Å². The number of imidazole rings is 1. The molecule has 0 aliphatic rings. The van der Waals surface area contributed by atoms with E-state index in [1.807, 2.05) is 37.4 Å². The highest BCUT2D eigenvalue weighted by Gasteiger charge is 2.21. The largest absolute Gasteiger partial charge is 0.348 e. The van der Waals surface area contributed by atoms with Crippen LogP contribution in [0.1, 0.15) is 19.9 Å². The summed E-state index contributed by atoms with van der Waals surface area (Å²) in [6, 6.07) is 0.0765. The highest BCUT2D eigenvalue weighted by molar-refractivity contribution is 5.74. The average Bonchev–Trinajstić information content (AvgIpc) is 2.74. The molecule has 0 saturated carbocycles. The predicted molar refractivity (Wildman–Crippen MR) is 74.9 cm³/mol. The van der Waals surface area contributed by atoms with Gasteiger partial charge in [0.2, 0.25) is 5.95 Å². The number of aromatic nitrogens is 4. The summed E-state index contributed by atoms with van der Waals surface area (Å²) in [6.07, 6.45) is 0. The second-order valence-corrected chi connectivity index (χ2v) is 5.15. The van der Waals surface area contributed by atoms with E-state index in [0.717, 1.165) is 4.57 Å². The maximum Gasteiger partial charge on any atom is 0.332 e. The van der Waals surface area contributed by atoms with Crippen molar-refractivity contribution in [3.05, 3.63) is 20.8 Å². The molecule has 0 spiro atoms. The standard InChI is InChI=1S/C12H19N5O2/c1-7(2)17-8-9(13-11(17)14(3)4)15(5)12(19)16(6)10(8)18/h7H,1-6H3. The van der Waals surface area contributed by atoms with Crippen LogP contribution in [0.4, 0.5) is 5.95 Å². The fourth-order valence-electron chi connectivity index (χ4n) is 2.21. The molecule has 7 heteroatoms. The van der Waals surface area contributed by atoms with Gasteiger partial charge in [-0.2, -0.15) is 4.98 Å². The molecule has 7 nitrogen and oxygen atoms in total. The minimum Gasteiger partial charge on any atom is -0.348 e. The molecule has 2 rings (SSSR count). The lowest BCUT2D eigenvalue weighted by Crippen LogP contribution is -2.37. The third-order valence-electron chi connectivity index (χ3n) is 3.19. The summed E-state index contributed by atoms with van der Waals surface area (Å²) in [4.78, 5) is 30.5. The lowest BCUT2D eigenvalue weighted by atomic mass is 10.3. The molecule has 0 amide bonds. The maximum absolute atomic E-state index is 12.3. The van der Waals surface area contributed by atoms with Crippen molar-refractivity contribution in [2.24, 2.45) is 14.1 Å². The Hall–Kier alpha value is -2.05. The normalized spacial score (nSPS) is 11.5. The van der Waals surface area contributed by atoms with Crippen molar-refractivity contribution in [3.63, 3.8) is 0 Å². The van der Waals surface area contributed by atoms with Crippen molar-refractivity contribution >= 4 is 17.1 Å². The molecule has 19 heavy (non-hydrogen) atoms. The van der Waals surface area contributed by atoms with Gasteiger partial charge in [-0.1, -0.05) is 0 Å². The molecule has 2 aromatic heterocycles. The zero-order chi connectivity index (χ0) is 14.5. The first kappa shape index (κ1) is 13.4. The first-order chi connectivity index (χ1) is 8.77. The average molecular weight is 265 g/mol. The van der Waals surface area contributed by atoms with Gasteiger partial charge in [0.25, 0.3) is 5.56 Å². The van der Waals surface area contributed by atoms with Crippen LogP contribution in [0.25, 0.3) is 11.2 Å². The molecule has 0 atom stereocenters. The number of aryl methyl sites for hydroxylation is 1. The van der Waals surface area contributed by atoms with Crippen molar-refractivity contribution in [3.8, 4) is 0 Å². The molecule has 2 heterocycles. The Bertz CT molecular complexity index is 748. The van der Waals surface area contributed by atoms with E-state index in [2.05, 4.69) is 4.98 Å². The number of hydrogen-bond acceptors (Lipinski definition) is 4. The third kappa shape index (κ3) is 1.76. The van der Waals surface area contributed by atoms with Crippen LogP contribution in [0, 0.1) is 0 Å². The van der Waals surface area contributed by atoms with Crippen molar-refractivity contribution < 1.29 is 0 Å². The summed E-state index contributed by atoms with van der Waals surface area (Å²) in [5.74, 6) is 0.670. The first-order valence-electron chi connectivity index (χ1n) is 6.12. The van der Waals surface area contributed by atoms with E-state index in [1.165, 1.54) is 11.6 Å². The van der Waals surface area contributed by atoms with Gasteiger partial charge in [-0.25, -0.2) is 4.79 Å².